The van der Waals surface area contributed by atoms with Gasteiger partial charge in [0.05, 0.1) is 0 Å². The third-order valence-electron chi connectivity index (χ3n) is 4.30. The molecule has 2 heterocycles. The molecule has 0 aliphatic carbocycles. The van der Waals surface area contributed by atoms with Gasteiger partial charge in [0.25, 0.3) is 0 Å². The molecule has 0 bridgehead atoms. The second-order valence-corrected chi connectivity index (χ2v) is 8.87. The number of rotatable bonds is 3. The number of thioether (sulfide) groups is 2. The normalized spacial score (nSPS) is 28.8. The maximum Gasteiger partial charge on any atom is 0.137 e. The maximum atomic E-state index is 4.57. The minimum Gasteiger partial charge on any atom is -0.289 e. The van der Waals surface area contributed by atoms with Gasteiger partial charge in [-0.25, -0.2) is 0 Å². The smallest absolute Gasteiger partial charge is 0.137 e. The molecule has 0 aromatic heterocycles. The van der Waals surface area contributed by atoms with E-state index in [1.165, 1.54) is 0 Å². The largest absolute Gasteiger partial charge is 0.289 e. The van der Waals surface area contributed by atoms with Crippen LogP contribution in [-0.4, -0.2) is 19.8 Å². The zero-order valence-corrected chi connectivity index (χ0v) is 15.1. The molecule has 0 fully saturated rings. The van der Waals surface area contributed by atoms with Crippen LogP contribution in [0.2, 0.25) is 0 Å². The van der Waals surface area contributed by atoms with Gasteiger partial charge in [-0.2, -0.15) is 10.2 Å². The highest BCUT2D eigenvalue weighted by Crippen LogP contribution is 2.48. The van der Waals surface area contributed by atoms with Crippen LogP contribution in [0.25, 0.3) is 0 Å². The average Bonchev–Trinajstić information content (AvgIpc) is 3.23. The van der Waals surface area contributed by atoms with Crippen LogP contribution < -0.4 is 10.9 Å². The van der Waals surface area contributed by atoms with Crippen molar-refractivity contribution in [1.82, 2.24) is 10.9 Å². The molecule has 0 radical (unpaired) electrons. The maximum absolute atomic E-state index is 4.57. The highest BCUT2D eigenvalue weighted by molar-refractivity contribution is 8.19. The topological polar surface area (TPSA) is 48.8 Å². The van der Waals surface area contributed by atoms with E-state index in [0.717, 1.165) is 21.2 Å². The molecule has 2 N–H and O–H groups in total. The summed E-state index contributed by atoms with van der Waals surface area (Å²) in [4.78, 5) is -0.605. The molecule has 2 aliphatic rings. The van der Waals surface area contributed by atoms with Crippen molar-refractivity contribution in [3.8, 4) is 0 Å². The second kappa shape index (κ2) is 5.86. The molecule has 0 saturated carbocycles. The van der Waals surface area contributed by atoms with Crippen LogP contribution in [0, 0.1) is 0 Å². The minimum atomic E-state index is -0.303. The van der Waals surface area contributed by atoms with Crippen molar-refractivity contribution in [2.24, 2.45) is 10.2 Å². The first-order valence-electron chi connectivity index (χ1n) is 7.78. The summed E-state index contributed by atoms with van der Waals surface area (Å²) >= 11 is 3.48. The fourth-order valence-corrected chi connectivity index (χ4v) is 4.99. The fourth-order valence-electron chi connectivity index (χ4n) is 2.61. The van der Waals surface area contributed by atoms with Crippen LogP contribution in [0.1, 0.15) is 25.0 Å². The van der Waals surface area contributed by atoms with Gasteiger partial charge in [0, 0.05) is 11.1 Å². The number of nitrogens with one attached hydrogen (secondary N) is 2. The van der Waals surface area contributed by atoms with Gasteiger partial charge < -0.3 is 0 Å². The summed E-state index contributed by atoms with van der Waals surface area (Å²) in [5.41, 5.74) is 8.93. The zero-order chi connectivity index (χ0) is 16.6. The van der Waals surface area contributed by atoms with E-state index in [0.29, 0.717) is 0 Å². The van der Waals surface area contributed by atoms with Gasteiger partial charge in [-0.1, -0.05) is 84.2 Å². The Labute approximate surface area is 150 Å². The average molecular weight is 355 g/mol. The lowest BCUT2D eigenvalue weighted by Gasteiger charge is -2.38. The summed E-state index contributed by atoms with van der Waals surface area (Å²) in [5, 5.41) is 11.2. The van der Waals surface area contributed by atoms with E-state index in [-0.39, 0.29) is 9.74 Å². The summed E-state index contributed by atoms with van der Waals surface area (Å²) < 4.78 is 0. The van der Waals surface area contributed by atoms with Crippen molar-refractivity contribution in [2.75, 3.05) is 0 Å². The van der Waals surface area contributed by atoms with Crippen LogP contribution in [-0.2, 0) is 0 Å². The molecule has 6 heteroatoms. The van der Waals surface area contributed by atoms with E-state index in [1.807, 2.05) is 36.4 Å². The lowest BCUT2D eigenvalue weighted by atomic mass is 10.2. The molecule has 2 atom stereocenters. The van der Waals surface area contributed by atoms with Gasteiger partial charge in [-0.3, -0.25) is 10.9 Å². The van der Waals surface area contributed by atoms with E-state index in [1.54, 1.807) is 23.5 Å². The van der Waals surface area contributed by atoms with E-state index >= 15 is 0 Å². The van der Waals surface area contributed by atoms with Crippen LogP contribution in [0.4, 0.5) is 0 Å². The summed E-state index contributed by atoms with van der Waals surface area (Å²) in [6.07, 6.45) is 0. The predicted molar refractivity (Wildman–Crippen MR) is 104 cm³/mol. The lowest BCUT2D eigenvalue weighted by Crippen LogP contribution is -2.57. The first kappa shape index (κ1) is 15.6. The molecule has 2 aromatic rings. The van der Waals surface area contributed by atoms with Crippen LogP contribution >= 0.6 is 23.5 Å². The van der Waals surface area contributed by atoms with Crippen LogP contribution in [0.3, 0.4) is 0 Å². The standard InChI is InChI=1S/C18H18N4S2/c1-17(21-19-15(23-17)13-9-5-3-6-10-13)18(2)22-20-16(24-18)14-11-7-4-8-12-14/h3-12,21-22H,1-2H3/t17-,18-/m1/s1. The first-order chi connectivity index (χ1) is 11.6. The summed E-state index contributed by atoms with van der Waals surface area (Å²) in [6.45, 7) is 4.33. The molecular weight excluding hydrogens is 336 g/mol. The van der Waals surface area contributed by atoms with Gasteiger partial charge in [-0.05, 0) is 13.8 Å². The van der Waals surface area contributed by atoms with Gasteiger partial charge in [0.15, 0.2) is 0 Å². The molecule has 122 valence electrons. The van der Waals surface area contributed by atoms with E-state index in [2.05, 4.69) is 59.2 Å². The first-order valence-corrected chi connectivity index (χ1v) is 9.42. The number of benzene rings is 2. The van der Waals surface area contributed by atoms with Gasteiger partial charge in [-0.15, -0.1) is 0 Å². The second-order valence-electron chi connectivity index (χ2n) is 6.06. The number of hydrogen-bond acceptors (Lipinski definition) is 6. The molecule has 24 heavy (non-hydrogen) atoms. The molecule has 4 nitrogen and oxygen atoms in total. The van der Waals surface area contributed by atoms with Crippen molar-refractivity contribution in [3.05, 3.63) is 71.8 Å². The Balaban J connectivity index is 1.53. The molecule has 2 aromatic carbocycles. The van der Waals surface area contributed by atoms with Gasteiger partial charge in [0.1, 0.15) is 19.8 Å². The SMILES string of the molecule is C[C@@]1([C@]2(C)NN=C(c3ccccc3)S2)NN=C(c2ccccc2)S1. The van der Waals surface area contributed by atoms with Crippen molar-refractivity contribution in [1.29, 1.82) is 0 Å². The third kappa shape index (κ3) is 2.59. The molecule has 2 aliphatic heterocycles. The summed E-state index contributed by atoms with van der Waals surface area (Å²) in [7, 11) is 0. The summed E-state index contributed by atoms with van der Waals surface area (Å²) in [5.74, 6) is 0. The Kier molecular flexibility index (Phi) is 3.81. The number of nitrogens with zero attached hydrogens (tertiary/aromatic N) is 2. The molecule has 0 amide bonds. The Morgan fingerprint density at radius 1 is 0.667 bits per heavy atom. The third-order valence-corrected chi connectivity index (χ3v) is 7.28. The highest BCUT2D eigenvalue weighted by atomic mass is 32.2. The lowest BCUT2D eigenvalue weighted by molar-refractivity contribution is 0.366. The number of hydrogen-bond donors (Lipinski definition) is 2. The number of hydrazone groups is 2. The van der Waals surface area contributed by atoms with Crippen molar-refractivity contribution in [3.63, 3.8) is 0 Å². The van der Waals surface area contributed by atoms with Crippen LogP contribution in [0.15, 0.2) is 70.9 Å². The molecule has 0 saturated heterocycles. The van der Waals surface area contributed by atoms with E-state index in [4.69, 9.17) is 0 Å². The molecule has 0 unspecified atom stereocenters. The Bertz CT molecular complexity index is 737. The Hall–Kier alpha value is -1.92. The van der Waals surface area contributed by atoms with E-state index in [9.17, 15) is 0 Å². The van der Waals surface area contributed by atoms with Crippen LogP contribution in [0.5, 0.6) is 0 Å². The molecule has 0 spiro atoms. The van der Waals surface area contributed by atoms with Crippen molar-refractivity contribution in [2.45, 2.75) is 23.6 Å². The zero-order valence-electron chi connectivity index (χ0n) is 13.5. The fraction of sp³-hybridized carbons (Fsp3) is 0.222. The van der Waals surface area contributed by atoms with Crippen molar-refractivity contribution >= 4 is 33.6 Å². The Morgan fingerprint density at radius 3 is 1.42 bits per heavy atom. The minimum absolute atomic E-state index is 0.303. The molecule has 4 rings (SSSR count). The monoisotopic (exact) mass is 354 g/mol. The van der Waals surface area contributed by atoms with Crippen molar-refractivity contribution < 1.29 is 0 Å². The summed E-state index contributed by atoms with van der Waals surface area (Å²) in [6, 6.07) is 20.5. The van der Waals surface area contributed by atoms with Gasteiger partial charge in [0.2, 0.25) is 0 Å². The molecular formula is C18H18N4S2. The predicted octanol–water partition coefficient (Wildman–Crippen LogP) is 3.82. The van der Waals surface area contributed by atoms with Gasteiger partial charge >= 0.3 is 0 Å². The highest BCUT2D eigenvalue weighted by Gasteiger charge is 2.53. The quantitative estimate of drug-likeness (QED) is 0.880. The van der Waals surface area contributed by atoms with E-state index < -0.39 is 0 Å². The Morgan fingerprint density at radius 2 is 1.04 bits per heavy atom.